The summed E-state index contributed by atoms with van der Waals surface area (Å²) < 4.78 is 0. The Balaban J connectivity index is 1.47. The van der Waals surface area contributed by atoms with Gasteiger partial charge in [-0.3, -0.25) is 9.63 Å². The van der Waals surface area contributed by atoms with Crippen molar-refractivity contribution in [2.75, 3.05) is 38.6 Å². The van der Waals surface area contributed by atoms with Crippen LogP contribution in [0.25, 0.3) is 0 Å². The number of carbonyl (C=O) groups excluding carboxylic acids is 3. The number of benzene rings is 1. The second-order valence-corrected chi connectivity index (χ2v) is 11.2. The summed E-state index contributed by atoms with van der Waals surface area (Å²) in [6, 6.07) is 5.68. The van der Waals surface area contributed by atoms with Crippen molar-refractivity contribution in [3.8, 4) is 0 Å². The SMILES string of the molecule is CCCNC(=O)Nc1cc(C)c(C(=O)NCC[C@@H](C)N2CCC(N(Cc3ccsc3)C(=O)NOC)CC2)c(C)c1. The number of nitrogens with zero attached hydrogens (tertiary/aromatic N) is 2. The molecule has 2 aromatic rings. The van der Waals surface area contributed by atoms with E-state index in [1.54, 1.807) is 11.3 Å². The molecule has 0 saturated carbocycles. The van der Waals surface area contributed by atoms with Gasteiger partial charge in [0.2, 0.25) is 0 Å². The zero-order chi connectivity index (χ0) is 29.1. The summed E-state index contributed by atoms with van der Waals surface area (Å²) in [5.41, 5.74) is 6.57. The summed E-state index contributed by atoms with van der Waals surface area (Å²) in [6.45, 7) is 11.5. The van der Waals surface area contributed by atoms with Crippen molar-refractivity contribution in [3.63, 3.8) is 0 Å². The molecule has 1 fully saturated rings. The molecule has 1 aromatic heterocycles. The smallest absolute Gasteiger partial charge is 0.341 e. The first kappa shape index (κ1) is 31.4. The number of likely N-dealkylation sites (tertiary alicyclic amines) is 1. The largest absolute Gasteiger partial charge is 0.352 e. The Labute approximate surface area is 241 Å². The van der Waals surface area contributed by atoms with Crippen LogP contribution >= 0.6 is 11.3 Å². The van der Waals surface area contributed by atoms with Gasteiger partial charge in [-0.15, -0.1) is 0 Å². The fourth-order valence-electron chi connectivity index (χ4n) is 5.20. The highest BCUT2D eigenvalue weighted by Gasteiger charge is 2.30. The molecule has 1 aliphatic rings. The van der Waals surface area contributed by atoms with Gasteiger partial charge in [-0.2, -0.15) is 11.3 Å². The minimum Gasteiger partial charge on any atom is -0.352 e. The van der Waals surface area contributed by atoms with Crippen LogP contribution in [0.4, 0.5) is 15.3 Å². The minimum absolute atomic E-state index is 0.101. The fraction of sp³-hybridized carbons (Fsp3) is 0.552. The molecule has 1 aromatic carbocycles. The highest BCUT2D eigenvalue weighted by molar-refractivity contribution is 7.07. The van der Waals surface area contributed by atoms with Gasteiger partial charge in [0.25, 0.3) is 5.91 Å². The maximum absolute atomic E-state index is 13.0. The Hall–Kier alpha value is -3.15. The highest BCUT2D eigenvalue weighted by Crippen LogP contribution is 2.23. The summed E-state index contributed by atoms with van der Waals surface area (Å²) >= 11 is 1.63. The van der Waals surface area contributed by atoms with E-state index in [0.29, 0.717) is 36.9 Å². The average Bonchev–Trinajstić information content (AvgIpc) is 3.44. The van der Waals surface area contributed by atoms with Gasteiger partial charge < -0.3 is 25.8 Å². The van der Waals surface area contributed by atoms with E-state index in [4.69, 9.17) is 4.84 Å². The molecule has 10 nitrogen and oxygen atoms in total. The molecule has 3 rings (SSSR count). The monoisotopic (exact) mass is 572 g/mol. The third-order valence-electron chi connectivity index (χ3n) is 7.35. The van der Waals surface area contributed by atoms with Crippen molar-refractivity contribution < 1.29 is 19.2 Å². The maximum Gasteiger partial charge on any atom is 0.341 e. The van der Waals surface area contributed by atoms with Crippen molar-refractivity contribution in [2.24, 2.45) is 0 Å². The first-order chi connectivity index (χ1) is 19.2. The zero-order valence-corrected chi connectivity index (χ0v) is 25.2. The number of hydrogen-bond acceptors (Lipinski definition) is 6. The molecule has 220 valence electrons. The third kappa shape index (κ3) is 8.94. The van der Waals surface area contributed by atoms with Crippen LogP contribution in [0.5, 0.6) is 0 Å². The molecule has 0 bridgehead atoms. The maximum atomic E-state index is 13.0. The summed E-state index contributed by atoms with van der Waals surface area (Å²) in [7, 11) is 1.45. The summed E-state index contributed by atoms with van der Waals surface area (Å²) in [5.74, 6) is -0.101. The first-order valence-electron chi connectivity index (χ1n) is 14.0. The molecule has 4 N–H and O–H groups in total. The molecular formula is C29H44N6O4S. The molecule has 0 spiro atoms. The highest BCUT2D eigenvalue weighted by atomic mass is 32.1. The standard InChI is InChI=1S/C29H44N6O4S/c1-6-11-31-28(37)32-24-16-20(2)26(21(3)17-24)27(36)30-12-7-22(4)34-13-8-25(9-14-34)35(29(38)33-39-5)18-23-10-15-40-19-23/h10,15-17,19,22,25H,6-9,11-14,18H2,1-5H3,(H,30,36)(H,33,38)(H2,31,32,37)/t22-/m1/s1. The molecule has 1 atom stereocenters. The lowest BCUT2D eigenvalue weighted by Gasteiger charge is -2.40. The number of amides is 5. The molecule has 0 radical (unpaired) electrons. The van der Waals surface area contributed by atoms with Gasteiger partial charge in [0.15, 0.2) is 0 Å². The van der Waals surface area contributed by atoms with Crippen LogP contribution in [0.15, 0.2) is 29.0 Å². The summed E-state index contributed by atoms with van der Waals surface area (Å²) in [5, 5.41) is 12.8. The van der Waals surface area contributed by atoms with E-state index in [1.807, 2.05) is 49.3 Å². The number of carbonyl (C=O) groups is 3. The second kappa shape index (κ2) is 15.6. The zero-order valence-electron chi connectivity index (χ0n) is 24.3. The molecule has 2 heterocycles. The molecule has 1 saturated heterocycles. The number of nitrogens with one attached hydrogen (secondary N) is 4. The average molecular weight is 573 g/mol. The molecule has 40 heavy (non-hydrogen) atoms. The molecule has 0 aliphatic carbocycles. The molecule has 11 heteroatoms. The van der Waals surface area contributed by atoms with Gasteiger partial charge in [0, 0.05) is 56.1 Å². The van der Waals surface area contributed by atoms with Gasteiger partial charge in [-0.05, 0) is 92.1 Å². The lowest BCUT2D eigenvalue weighted by molar-refractivity contribution is 0.0565. The van der Waals surface area contributed by atoms with Crippen molar-refractivity contribution in [1.29, 1.82) is 0 Å². The molecule has 5 amide bonds. The lowest BCUT2D eigenvalue weighted by atomic mass is 10.00. The Morgan fingerprint density at radius 3 is 2.42 bits per heavy atom. The Morgan fingerprint density at radius 2 is 1.82 bits per heavy atom. The number of thiophene rings is 1. The number of hydrogen-bond donors (Lipinski definition) is 4. The fourth-order valence-corrected chi connectivity index (χ4v) is 5.86. The van der Waals surface area contributed by atoms with Crippen LogP contribution in [0, 0.1) is 13.8 Å². The molecule has 0 unspecified atom stereocenters. The number of urea groups is 2. The van der Waals surface area contributed by atoms with Gasteiger partial charge in [0.1, 0.15) is 0 Å². The number of anilines is 1. The van der Waals surface area contributed by atoms with Crippen molar-refractivity contribution in [2.45, 2.75) is 72.0 Å². The van der Waals surface area contributed by atoms with E-state index in [-0.39, 0.29) is 24.0 Å². The van der Waals surface area contributed by atoms with Crippen molar-refractivity contribution in [3.05, 3.63) is 51.2 Å². The van der Waals surface area contributed by atoms with E-state index in [9.17, 15) is 14.4 Å². The van der Waals surface area contributed by atoms with E-state index < -0.39 is 0 Å². The Kier molecular flexibility index (Phi) is 12.2. The summed E-state index contributed by atoms with van der Waals surface area (Å²) in [6.07, 6.45) is 3.46. The van der Waals surface area contributed by atoms with E-state index in [2.05, 4.69) is 38.6 Å². The molecular weight excluding hydrogens is 528 g/mol. The Morgan fingerprint density at radius 1 is 1.12 bits per heavy atom. The van der Waals surface area contributed by atoms with Crippen molar-refractivity contribution in [1.82, 2.24) is 25.9 Å². The van der Waals surface area contributed by atoms with Gasteiger partial charge in [0.05, 0.1) is 7.11 Å². The van der Waals surface area contributed by atoms with Gasteiger partial charge in [-0.1, -0.05) is 6.92 Å². The molecule has 1 aliphatic heterocycles. The van der Waals surface area contributed by atoms with Crippen LogP contribution in [-0.4, -0.2) is 73.1 Å². The van der Waals surface area contributed by atoms with Crippen LogP contribution in [0.2, 0.25) is 0 Å². The van der Waals surface area contributed by atoms with Crippen LogP contribution in [0.3, 0.4) is 0 Å². The third-order valence-corrected chi connectivity index (χ3v) is 8.08. The lowest BCUT2D eigenvalue weighted by Crippen LogP contribution is -2.51. The topological polar surface area (TPSA) is 115 Å². The predicted molar refractivity (Wildman–Crippen MR) is 160 cm³/mol. The normalized spacial score (nSPS) is 14.8. The van der Waals surface area contributed by atoms with Gasteiger partial charge in [-0.25, -0.2) is 15.1 Å². The van der Waals surface area contributed by atoms with E-state index in [1.165, 1.54) is 7.11 Å². The van der Waals surface area contributed by atoms with Crippen LogP contribution in [0.1, 0.15) is 66.6 Å². The number of aryl methyl sites for hydroxylation is 2. The number of piperidine rings is 1. The first-order valence-corrected chi connectivity index (χ1v) is 15.0. The van der Waals surface area contributed by atoms with E-state index >= 15 is 0 Å². The van der Waals surface area contributed by atoms with E-state index in [0.717, 1.165) is 55.5 Å². The minimum atomic E-state index is -0.246. The summed E-state index contributed by atoms with van der Waals surface area (Å²) in [4.78, 5) is 46.9. The predicted octanol–water partition coefficient (Wildman–Crippen LogP) is 4.64. The quantitative estimate of drug-likeness (QED) is 0.277. The number of rotatable bonds is 12. The van der Waals surface area contributed by atoms with Crippen molar-refractivity contribution >= 4 is 35.0 Å². The second-order valence-electron chi connectivity index (χ2n) is 10.4. The Bertz CT molecular complexity index is 1090. The van der Waals surface area contributed by atoms with Gasteiger partial charge >= 0.3 is 12.1 Å². The number of hydroxylamine groups is 1. The van der Waals surface area contributed by atoms with Crippen LogP contribution in [-0.2, 0) is 11.4 Å². The van der Waals surface area contributed by atoms with Crippen LogP contribution < -0.4 is 21.4 Å².